The van der Waals surface area contributed by atoms with Crippen LogP contribution < -0.4 is 10.6 Å². The Hall–Kier alpha value is -2.87. The fourth-order valence-corrected chi connectivity index (χ4v) is 3.44. The molecule has 0 spiro atoms. The molecule has 0 saturated carbocycles. The Morgan fingerprint density at radius 2 is 2.08 bits per heavy atom. The summed E-state index contributed by atoms with van der Waals surface area (Å²) in [5, 5.41) is 14.4. The van der Waals surface area contributed by atoms with Crippen molar-refractivity contribution in [2.24, 2.45) is 7.05 Å². The van der Waals surface area contributed by atoms with Crippen LogP contribution in [-0.4, -0.2) is 45.6 Å². The Balaban J connectivity index is 1.43. The summed E-state index contributed by atoms with van der Waals surface area (Å²) in [4.78, 5) is 16.3. The Morgan fingerprint density at radius 1 is 1.23 bits per heavy atom. The molecule has 4 rings (SSSR count). The number of nitrogens with one attached hydrogen (secondary N) is 2. The number of aromatic nitrogens is 3. The SMILES string of the molecule is Cn1nc2cccc(NC(=O)NCC(c3ccco3)N3CCCC3)c2n1. The van der Waals surface area contributed by atoms with Crippen molar-refractivity contribution in [2.45, 2.75) is 18.9 Å². The van der Waals surface area contributed by atoms with Gasteiger partial charge in [0.25, 0.3) is 0 Å². The molecule has 1 unspecified atom stereocenters. The summed E-state index contributed by atoms with van der Waals surface area (Å²) in [7, 11) is 1.76. The second-order valence-corrected chi connectivity index (χ2v) is 6.47. The van der Waals surface area contributed by atoms with Crippen LogP contribution in [0.15, 0.2) is 41.0 Å². The molecule has 26 heavy (non-hydrogen) atoms. The van der Waals surface area contributed by atoms with Crippen molar-refractivity contribution in [2.75, 3.05) is 25.0 Å². The third kappa shape index (κ3) is 3.41. The van der Waals surface area contributed by atoms with Crippen molar-refractivity contribution < 1.29 is 9.21 Å². The van der Waals surface area contributed by atoms with Crippen molar-refractivity contribution in [1.29, 1.82) is 0 Å². The zero-order valence-electron chi connectivity index (χ0n) is 14.7. The number of benzene rings is 1. The van der Waals surface area contributed by atoms with E-state index in [2.05, 4.69) is 25.7 Å². The third-order valence-electron chi connectivity index (χ3n) is 4.67. The Kier molecular flexibility index (Phi) is 4.57. The van der Waals surface area contributed by atoms with Gasteiger partial charge in [0.1, 0.15) is 16.8 Å². The number of fused-ring (bicyclic) bond motifs is 1. The zero-order chi connectivity index (χ0) is 17.9. The molecular formula is C18H22N6O2. The lowest BCUT2D eigenvalue weighted by molar-refractivity contribution is 0.207. The normalized spacial score (nSPS) is 16.0. The molecular weight excluding hydrogens is 332 g/mol. The van der Waals surface area contributed by atoms with Gasteiger partial charge in [0, 0.05) is 13.6 Å². The molecule has 0 aliphatic carbocycles. The van der Waals surface area contributed by atoms with Gasteiger partial charge in [-0.05, 0) is 50.2 Å². The smallest absolute Gasteiger partial charge is 0.319 e. The van der Waals surface area contributed by atoms with E-state index < -0.39 is 0 Å². The first-order chi connectivity index (χ1) is 12.7. The van der Waals surface area contributed by atoms with E-state index in [0.717, 1.165) is 24.4 Å². The average molecular weight is 354 g/mol. The van der Waals surface area contributed by atoms with E-state index >= 15 is 0 Å². The van der Waals surface area contributed by atoms with Crippen molar-refractivity contribution in [3.63, 3.8) is 0 Å². The average Bonchev–Trinajstić information content (AvgIpc) is 3.36. The van der Waals surface area contributed by atoms with Crippen LogP contribution in [0.1, 0.15) is 24.6 Å². The number of amides is 2. The number of nitrogens with zero attached hydrogens (tertiary/aromatic N) is 4. The van der Waals surface area contributed by atoms with Crippen LogP contribution >= 0.6 is 0 Å². The second kappa shape index (κ2) is 7.17. The number of carbonyl (C=O) groups excluding carboxylic acids is 1. The van der Waals surface area contributed by atoms with Crippen molar-refractivity contribution in [3.8, 4) is 0 Å². The molecule has 0 bridgehead atoms. The van der Waals surface area contributed by atoms with E-state index in [-0.39, 0.29) is 12.1 Å². The minimum absolute atomic E-state index is 0.0468. The molecule has 2 N–H and O–H groups in total. The quantitative estimate of drug-likeness (QED) is 0.735. The second-order valence-electron chi connectivity index (χ2n) is 6.47. The van der Waals surface area contributed by atoms with Gasteiger partial charge in [-0.2, -0.15) is 15.0 Å². The highest BCUT2D eigenvalue weighted by Crippen LogP contribution is 2.25. The van der Waals surface area contributed by atoms with Crippen LogP contribution in [0.4, 0.5) is 10.5 Å². The van der Waals surface area contributed by atoms with Gasteiger partial charge in [-0.1, -0.05) is 6.07 Å². The molecule has 1 atom stereocenters. The fraction of sp³-hybridized carbons (Fsp3) is 0.389. The number of hydrogen-bond acceptors (Lipinski definition) is 5. The monoisotopic (exact) mass is 354 g/mol. The number of carbonyl (C=O) groups is 1. The highest BCUT2D eigenvalue weighted by Gasteiger charge is 2.26. The summed E-state index contributed by atoms with van der Waals surface area (Å²) in [6.45, 7) is 2.52. The molecule has 1 aromatic carbocycles. The van der Waals surface area contributed by atoms with Crippen LogP contribution in [0, 0.1) is 0 Å². The van der Waals surface area contributed by atoms with Gasteiger partial charge in [-0.25, -0.2) is 4.79 Å². The number of anilines is 1. The summed E-state index contributed by atoms with van der Waals surface area (Å²) in [6.07, 6.45) is 4.03. The van der Waals surface area contributed by atoms with Crippen LogP contribution in [0.2, 0.25) is 0 Å². The van der Waals surface area contributed by atoms with E-state index in [1.54, 1.807) is 13.3 Å². The minimum Gasteiger partial charge on any atom is -0.468 e. The van der Waals surface area contributed by atoms with Gasteiger partial charge >= 0.3 is 6.03 Å². The first kappa shape index (κ1) is 16.6. The first-order valence-electron chi connectivity index (χ1n) is 8.83. The third-order valence-corrected chi connectivity index (χ3v) is 4.67. The molecule has 2 amide bonds. The Bertz CT molecular complexity index is 882. The lowest BCUT2D eigenvalue weighted by Crippen LogP contribution is -2.38. The van der Waals surface area contributed by atoms with E-state index in [4.69, 9.17) is 4.42 Å². The minimum atomic E-state index is -0.265. The number of urea groups is 1. The molecule has 1 aliphatic heterocycles. The Labute approximate surface area is 151 Å². The predicted octanol–water partition coefficient (Wildman–Crippen LogP) is 2.52. The largest absolute Gasteiger partial charge is 0.468 e. The van der Waals surface area contributed by atoms with E-state index in [1.807, 2.05) is 30.3 Å². The molecule has 136 valence electrons. The van der Waals surface area contributed by atoms with Gasteiger partial charge in [0.05, 0.1) is 18.0 Å². The van der Waals surface area contributed by atoms with E-state index in [0.29, 0.717) is 17.7 Å². The first-order valence-corrected chi connectivity index (χ1v) is 8.83. The van der Waals surface area contributed by atoms with Gasteiger partial charge in [0.15, 0.2) is 0 Å². The van der Waals surface area contributed by atoms with Crippen LogP contribution in [0.25, 0.3) is 11.0 Å². The van der Waals surface area contributed by atoms with Gasteiger partial charge in [-0.3, -0.25) is 4.90 Å². The molecule has 1 fully saturated rings. The fourth-order valence-electron chi connectivity index (χ4n) is 3.44. The van der Waals surface area contributed by atoms with Crippen LogP contribution in [0.5, 0.6) is 0 Å². The van der Waals surface area contributed by atoms with Gasteiger partial charge < -0.3 is 15.1 Å². The van der Waals surface area contributed by atoms with Crippen LogP contribution in [0.3, 0.4) is 0 Å². The van der Waals surface area contributed by atoms with Crippen LogP contribution in [-0.2, 0) is 7.05 Å². The zero-order valence-corrected chi connectivity index (χ0v) is 14.7. The van der Waals surface area contributed by atoms with Gasteiger partial charge in [0.2, 0.25) is 0 Å². The molecule has 3 aromatic rings. The number of likely N-dealkylation sites (tertiary alicyclic amines) is 1. The molecule has 0 radical (unpaired) electrons. The lowest BCUT2D eigenvalue weighted by Gasteiger charge is -2.26. The molecule has 1 aliphatic rings. The number of rotatable bonds is 5. The molecule has 1 saturated heterocycles. The highest BCUT2D eigenvalue weighted by molar-refractivity contribution is 5.98. The Morgan fingerprint density at radius 3 is 2.85 bits per heavy atom. The topological polar surface area (TPSA) is 88.2 Å². The van der Waals surface area contributed by atoms with Crippen molar-refractivity contribution in [1.82, 2.24) is 25.2 Å². The van der Waals surface area contributed by atoms with E-state index in [1.165, 1.54) is 17.6 Å². The molecule has 8 nitrogen and oxygen atoms in total. The standard InChI is InChI=1S/C18H22N6O2/c1-23-21-14-7-4-6-13(17(14)22-23)20-18(25)19-12-15(16-8-5-11-26-16)24-9-2-3-10-24/h4-8,11,15H,2-3,9-10,12H2,1H3,(H2,19,20,25). The summed E-state index contributed by atoms with van der Waals surface area (Å²) >= 11 is 0. The summed E-state index contributed by atoms with van der Waals surface area (Å²) in [5.74, 6) is 0.878. The lowest BCUT2D eigenvalue weighted by atomic mass is 10.2. The molecule has 3 heterocycles. The maximum atomic E-state index is 12.4. The van der Waals surface area contributed by atoms with Gasteiger partial charge in [-0.15, -0.1) is 0 Å². The number of aryl methyl sites for hydroxylation is 1. The molecule has 8 heteroatoms. The molecule has 2 aromatic heterocycles. The number of hydrogen-bond donors (Lipinski definition) is 2. The highest BCUT2D eigenvalue weighted by atomic mass is 16.3. The summed E-state index contributed by atoms with van der Waals surface area (Å²) < 4.78 is 5.58. The van der Waals surface area contributed by atoms with Crippen molar-refractivity contribution >= 4 is 22.8 Å². The maximum absolute atomic E-state index is 12.4. The number of furan rings is 1. The maximum Gasteiger partial charge on any atom is 0.319 e. The van der Waals surface area contributed by atoms with Crippen molar-refractivity contribution in [3.05, 3.63) is 42.4 Å². The summed E-state index contributed by atoms with van der Waals surface area (Å²) in [5.41, 5.74) is 2.06. The van der Waals surface area contributed by atoms with E-state index in [9.17, 15) is 4.79 Å². The summed E-state index contributed by atoms with van der Waals surface area (Å²) in [6, 6.07) is 9.16. The predicted molar refractivity (Wildman–Crippen MR) is 97.8 cm³/mol.